The molecule has 2 aromatic rings. The van der Waals surface area contributed by atoms with Crippen molar-refractivity contribution in [1.29, 1.82) is 0 Å². The van der Waals surface area contributed by atoms with E-state index in [1.165, 1.54) is 27.8 Å². The fraction of sp³-hybridized carbons (Fsp3) is 0.364. The Balaban J connectivity index is 0.00000169. The maximum Gasteiger partial charge on any atom is 0.131 e. The van der Waals surface area contributed by atoms with Crippen LogP contribution in [0.25, 0.3) is 17.2 Å². The Kier molecular flexibility index (Phi) is 7.34. The SMILES string of the molecule is CC1=Cc2c(-c3ccccc3)cccc2C1[Si](C)(C)NC(C)(C)C.Cl.Cl. The van der Waals surface area contributed by atoms with Crippen LogP contribution in [0.15, 0.2) is 54.1 Å². The van der Waals surface area contributed by atoms with Gasteiger partial charge in [0.25, 0.3) is 0 Å². The second-order valence-electron chi connectivity index (χ2n) is 8.59. The average molecular weight is 408 g/mol. The molecule has 0 spiro atoms. The molecule has 0 aromatic heterocycles. The van der Waals surface area contributed by atoms with Crippen LogP contribution in [0, 0.1) is 0 Å². The van der Waals surface area contributed by atoms with Crippen LogP contribution in [-0.2, 0) is 0 Å². The van der Waals surface area contributed by atoms with Gasteiger partial charge in [0.05, 0.1) is 0 Å². The van der Waals surface area contributed by atoms with Crippen LogP contribution in [0.5, 0.6) is 0 Å². The van der Waals surface area contributed by atoms with Crippen molar-refractivity contribution in [2.45, 2.75) is 51.9 Å². The predicted octanol–water partition coefficient (Wildman–Crippen LogP) is 6.83. The van der Waals surface area contributed by atoms with Gasteiger partial charge in [-0.05, 0) is 49.9 Å². The molecule has 0 saturated carbocycles. The zero-order valence-corrected chi connectivity index (χ0v) is 19.2. The fourth-order valence-corrected chi connectivity index (χ4v) is 8.75. The van der Waals surface area contributed by atoms with Gasteiger partial charge in [0.15, 0.2) is 0 Å². The van der Waals surface area contributed by atoms with Crippen LogP contribution in [0.4, 0.5) is 0 Å². The van der Waals surface area contributed by atoms with Crippen LogP contribution >= 0.6 is 24.8 Å². The number of hydrogen-bond donors (Lipinski definition) is 1. The summed E-state index contributed by atoms with van der Waals surface area (Å²) >= 11 is 0. The molecule has 0 bridgehead atoms. The molecular formula is C22H31Cl2NSi. The summed E-state index contributed by atoms with van der Waals surface area (Å²) in [4.78, 5) is 3.97. The first-order valence-electron chi connectivity index (χ1n) is 8.85. The number of hydrogen-bond acceptors (Lipinski definition) is 1. The fourth-order valence-electron chi connectivity index (χ4n) is 4.42. The first-order valence-corrected chi connectivity index (χ1v) is 11.9. The molecule has 3 rings (SSSR count). The minimum Gasteiger partial charge on any atom is -0.332 e. The molecule has 0 radical (unpaired) electrons. The molecule has 0 saturated heterocycles. The van der Waals surface area contributed by atoms with Crippen LogP contribution in [0.3, 0.4) is 0 Å². The average Bonchev–Trinajstić information content (AvgIpc) is 2.82. The van der Waals surface area contributed by atoms with Gasteiger partial charge in [-0.25, -0.2) is 0 Å². The van der Waals surface area contributed by atoms with Gasteiger partial charge in [-0.3, -0.25) is 0 Å². The smallest absolute Gasteiger partial charge is 0.131 e. The quantitative estimate of drug-likeness (QED) is 0.549. The van der Waals surface area contributed by atoms with Gasteiger partial charge in [0.1, 0.15) is 8.24 Å². The second-order valence-corrected chi connectivity index (χ2v) is 12.9. The van der Waals surface area contributed by atoms with E-state index in [0.717, 1.165) is 0 Å². The maximum absolute atomic E-state index is 3.97. The van der Waals surface area contributed by atoms with Crippen LogP contribution in [-0.4, -0.2) is 13.8 Å². The Morgan fingerprint density at radius 2 is 1.50 bits per heavy atom. The Hall–Kier alpha value is -1.06. The number of benzene rings is 2. The highest BCUT2D eigenvalue weighted by molar-refractivity contribution is 6.77. The lowest BCUT2D eigenvalue weighted by Gasteiger charge is -2.39. The molecule has 0 amide bonds. The summed E-state index contributed by atoms with van der Waals surface area (Å²) in [5, 5.41) is 0. The highest BCUT2D eigenvalue weighted by Gasteiger charge is 2.40. The summed E-state index contributed by atoms with van der Waals surface area (Å²) in [7, 11) is -1.66. The molecule has 1 atom stereocenters. The van der Waals surface area contributed by atoms with Crippen molar-refractivity contribution in [3.63, 3.8) is 0 Å². The van der Waals surface area contributed by atoms with Crippen LogP contribution in [0.2, 0.25) is 13.1 Å². The first-order chi connectivity index (χ1) is 11.2. The molecule has 26 heavy (non-hydrogen) atoms. The van der Waals surface area contributed by atoms with E-state index in [4.69, 9.17) is 0 Å². The van der Waals surface area contributed by atoms with E-state index < -0.39 is 8.24 Å². The first kappa shape index (κ1) is 23.0. The highest BCUT2D eigenvalue weighted by atomic mass is 35.5. The van der Waals surface area contributed by atoms with Crippen molar-refractivity contribution < 1.29 is 0 Å². The monoisotopic (exact) mass is 407 g/mol. The van der Waals surface area contributed by atoms with E-state index in [-0.39, 0.29) is 30.4 Å². The normalized spacial score (nSPS) is 16.2. The number of halogens is 2. The summed E-state index contributed by atoms with van der Waals surface area (Å²) in [5.41, 5.74) is 7.77. The molecule has 0 heterocycles. The Morgan fingerprint density at radius 1 is 0.885 bits per heavy atom. The van der Waals surface area contributed by atoms with Crippen molar-refractivity contribution in [2.24, 2.45) is 0 Å². The van der Waals surface area contributed by atoms with Gasteiger partial charge in [-0.15, -0.1) is 24.8 Å². The molecule has 1 unspecified atom stereocenters. The van der Waals surface area contributed by atoms with Crippen molar-refractivity contribution >= 4 is 39.1 Å². The van der Waals surface area contributed by atoms with Crippen molar-refractivity contribution in [3.05, 3.63) is 65.2 Å². The van der Waals surface area contributed by atoms with Crippen molar-refractivity contribution in [1.82, 2.24) is 4.98 Å². The minimum atomic E-state index is -1.66. The molecule has 1 nitrogen and oxygen atoms in total. The van der Waals surface area contributed by atoms with Gasteiger partial charge >= 0.3 is 0 Å². The third kappa shape index (κ3) is 4.61. The number of rotatable bonds is 3. The van der Waals surface area contributed by atoms with Crippen LogP contribution in [0.1, 0.15) is 44.4 Å². The summed E-state index contributed by atoms with van der Waals surface area (Å²) in [6.07, 6.45) is 2.42. The van der Waals surface area contributed by atoms with Gasteiger partial charge in [-0.1, -0.05) is 73.3 Å². The molecule has 2 aromatic carbocycles. The topological polar surface area (TPSA) is 12.0 Å². The van der Waals surface area contributed by atoms with Gasteiger partial charge in [-0.2, -0.15) is 0 Å². The standard InChI is InChI=1S/C22H29NSi.2ClH/c1-16-15-20-18(17-11-8-7-9-12-17)13-10-14-19(20)21(16)24(5,6)23-22(2,3)4;;/h7-15,21,23H,1-6H3;2*1H. The zero-order chi connectivity index (χ0) is 17.5. The second kappa shape index (κ2) is 8.31. The van der Waals surface area contributed by atoms with E-state index >= 15 is 0 Å². The predicted molar refractivity (Wildman–Crippen MR) is 123 cm³/mol. The molecule has 1 aliphatic carbocycles. The third-order valence-electron chi connectivity index (χ3n) is 4.78. The molecule has 0 fully saturated rings. The van der Waals surface area contributed by atoms with Gasteiger partial charge in [0, 0.05) is 11.1 Å². The summed E-state index contributed by atoms with van der Waals surface area (Å²) in [5.74, 6) is 0. The molecule has 0 aliphatic heterocycles. The minimum absolute atomic E-state index is 0. The Morgan fingerprint density at radius 3 is 2.08 bits per heavy atom. The summed E-state index contributed by atoms with van der Waals surface area (Å²) in [6, 6.07) is 17.6. The van der Waals surface area contributed by atoms with Gasteiger partial charge in [0.2, 0.25) is 0 Å². The lowest BCUT2D eigenvalue weighted by Crippen LogP contribution is -2.58. The largest absolute Gasteiger partial charge is 0.332 e. The van der Waals surface area contributed by atoms with Crippen molar-refractivity contribution in [2.75, 3.05) is 0 Å². The summed E-state index contributed by atoms with van der Waals surface area (Å²) in [6.45, 7) is 14.1. The van der Waals surface area contributed by atoms with Crippen LogP contribution < -0.4 is 4.98 Å². The molecular weight excluding hydrogens is 377 g/mol. The Bertz CT molecular complexity index is 776. The van der Waals surface area contributed by atoms with E-state index in [9.17, 15) is 0 Å². The number of allylic oxidation sites excluding steroid dienone is 1. The zero-order valence-electron chi connectivity index (χ0n) is 16.6. The molecule has 142 valence electrons. The molecule has 1 aliphatic rings. The van der Waals surface area contributed by atoms with Crippen molar-refractivity contribution in [3.8, 4) is 11.1 Å². The van der Waals surface area contributed by atoms with E-state index in [2.05, 4.69) is 100 Å². The van der Waals surface area contributed by atoms with E-state index in [0.29, 0.717) is 5.54 Å². The van der Waals surface area contributed by atoms with Gasteiger partial charge < -0.3 is 4.98 Å². The Labute approximate surface area is 172 Å². The van der Waals surface area contributed by atoms with E-state index in [1.54, 1.807) is 0 Å². The third-order valence-corrected chi connectivity index (χ3v) is 8.39. The van der Waals surface area contributed by atoms with E-state index in [1.807, 2.05) is 0 Å². The molecule has 4 heteroatoms. The summed E-state index contributed by atoms with van der Waals surface area (Å²) < 4.78 is 0. The lowest BCUT2D eigenvalue weighted by atomic mass is 9.97. The number of fused-ring (bicyclic) bond motifs is 1. The number of nitrogens with one attached hydrogen (secondary N) is 1. The highest BCUT2D eigenvalue weighted by Crippen LogP contribution is 2.44. The lowest BCUT2D eigenvalue weighted by molar-refractivity contribution is 0.508. The molecule has 1 N–H and O–H groups in total. The maximum atomic E-state index is 3.97.